The van der Waals surface area contributed by atoms with Crippen molar-refractivity contribution < 1.29 is 15.0 Å². The molecule has 0 saturated heterocycles. The molecule has 32 heavy (non-hydrogen) atoms. The predicted octanol–water partition coefficient (Wildman–Crippen LogP) is 4.30. The minimum atomic E-state index is -0.841. The Morgan fingerprint density at radius 1 is 1.22 bits per heavy atom. The number of anilines is 1. The highest BCUT2D eigenvalue weighted by Crippen LogP contribution is 2.73. The number of carbonyl (C=O) groups excluding carboxylic acids is 1. The van der Waals surface area contributed by atoms with Gasteiger partial charge in [0.25, 0.3) is 5.91 Å². The number of rotatable bonds is 2. The molecule has 1 spiro atoms. The number of amides is 1. The van der Waals surface area contributed by atoms with E-state index in [1.54, 1.807) is 6.20 Å². The molecule has 5 nitrogen and oxygen atoms in total. The third-order valence-corrected chi connectivity index (χ3v) is 9.91. The number of allylic oxidation sites excluding steroid dienone is 2. The molecule has 0 radical (unpaired) electrons. The van der Waals surface area contributed by atoms with Crippen LogP contribution >= 0.6 is 0 Å². The Bertz CT molecular complexity index is 1050. The van der Waals surface area contributed by atoms with E-state index in [-0.39, 0.29) is 28.8 Å². The number of aliphatic hydroxyl groups excluding tert-OH is 1. The Morgan fingerprint density at radius 3 is 2.88 bits per heavy atom. The quantitative estimate of drug-likeness (QED) is 0.606. The molecule has 0 aromatic carbocycles. The fraction of sp³-hybridized carbons (Fsp3) is 0.630. The summed E-state index contributed by atoms with van der Waals surface area (Å²) in [5.74, 6) is 0.993. The number of nitrogens with one attached hydrogen (secondary N) is 1. The van der Waals surface area contributed by atoms with Crippen molar-refractivity contribution in [1.82, 2.24) is 4.98 Å². The van der Waals surface area contributed by atoms with Gasteiger partial charge in [-0.15, -0.1) is 0 Å². The van der Waals surface area contributed by atoms with Gasteiger partial charge < -0.3 is 15.5 Å². The summed E-state index contributed by atoms with van der Waals surface area (Å²) >= 11 is 0. The summed E-state index contributed by atoms with van der Waals surface area (Å²) < 4.78 is 0. The molecule has 5 aliphatic rings. The lowest BCUT2D eigenvalue weighted by atomic mass is 9.58. The molecule has 5 heteroatoms. The Balaban J connectivity index is 1.30. The van der Waals surface area contributed by atoms with Gasteiger partial charge in [0.05, 0.1) is 23.1 Å². The number of hydrogen-bond donors (Lipinski definition) is 3. The number of nitrogens with zero attached hydrogens (tertiary/aromatic N) is 1. The molecule has 6 unspecified atom stereocenters. The fourth-order valence-corrected chi connectivity index (χ4v) is 8.14. The highest BCUT2D eigenvalue weighted by atomic mass is 16.3. The summed E-state index contributed by atoms with van der Waals surface area (Å²) in [4.78, 5) is 17.6. The first kappa shape index (κ1) is 20.6. The maximum atomic E-state index is 13.3. The second kappa shape index (κ2) is 6.77. The van der Waals surface area contributed by atoms with Gasteiger partial charge in [0.2, 0.25) is 0 Å². The third-order valence-electron chi connectivity index (χ3n) is 9.91. The van der Waals surface area contributed by atoms with E-state index in [2.05, 4.69) is 29.4 Å². The van der Waals surface area contributed by atoms with Crippen LogP contribution in [0.15, 0.2) is 41.6 Å². The normalized spacial score (nSPS) is 44.1. The van der Waals surface area contributed by atoms with Crippen molar-refractivity contribution in [2.45, 2.75) is 76.9 Å². The van der Waals surface area contributed by atoms with Crippen LogP contribution in [0.25, 0.3) is 0 Å². The van der Waals surface area contributed by atoms with Crippen molar-refractivity contribution in [2.24, 2.45) is 28.6 Å². The fourth-order valence-electron chi connectivity index (χ4n) is 8.14. The van der Waals surface area contributed by atoms with Crippen molar-refractivity contribution in [2.75, 3.05) is 5.32 Å². The first-order valence-electron chi connectivity index (χ1n) is 12.3. The molecule has 1 amide bonds. The van der Waals surface area contributed by atoms with E-state index in [4.69, 9.17) is 0 Å². The van der Waals surface area contributed by atoms with Crippen molar-refractivity contribution in [3.05, 3.63) is 47.3 Å². The summed E-state index contributed by atoms with van der Waals surface area (Å²) in [7, 11) is 0. The van der Waals surface area contributed by atoms with Gasteiger partial charge in [-0.1, -0.05) is 19.1 Å². The van der Waals surface area contributed by atoms with Gasteiger partial charge in [-0.25, -0.2) is 0 Å². The Morgan fingerprint density at radius 2 is 2.06 bits per heavy atom. The van der Waals surface area contributed by atoms with Crippen molar-refractivity contribution >= 4 is 11.6 Å². The van der Waals surface area contributed by atoms with E-state index >= 15 is 0 Å². The number of aliphatic hydroxyl groups is 2. The molecule has 170 valence electrons. The van der Waals surface area contributed by atoms with Gasteiger partial charge in [-0.3, -0.25) is 9.78 Å². The molecular weight excluding hydrogens is 400 g/mol. The molecule has 0 aliphatic heterocycles. The predicted molar refractivity (Wildman–Crippen MR) is 123 cm³/mol. The van der Waals surface area contributed by atoms with Gasteiger partial charge in [-0.05, 0) is 93.2 Å². The number of pyridine rings is 1. The summed E-state index contributed by atoms with van der Waals surface area (Å²) in [6, 6.07) is 3.72. The number of aryl methyl sites for hydroxylation is 1. The van der Waals surface area contributed by atoms with Crippen LogP contribution < -0.4 is 5.32 Å². The molecule has 3 fully saturated rings. The van der Waals surface area contributed by atoms with E-state index in [0.29, 0.717) is 11.8 Å². The van der Waals surface area contributed by atoms with Crippen molar-refractivity contribution in [3.8, 4) is 0 Å². The first-order valence-corrected chi connectivity index (χ1v) is 12.3. The summed E-state index contributed by atoms with van der Waals surface area (Å²) in [6.07, 6.45) is 13.2. The summed E-state index contributed by atoms with van der Waals surface area (Å²) in [6.45, 7) is 4.07. The first-order chi connectivity index (χ1) is 15.3. The lowest BCUT2D eigenvalue weighted by Gasteiger charge is -2.49. The average molecular weight is 435 g/mol. The molecule has 1 aromatic rings. The van der Waals surface area contributed by atoms with Crippen LogP contribution in [0.3, 0.4) is 0 Å². The second-order valence-electron chi connectivity index (χ2n) is 11.4. The van der Waals surface area contributed by atoms with Crippen LogP contribution in [-0.4, -0.2) is 32.8 Å². The van der Waals surface area contributed by atoms with Crippen LogP contribution in [0, 0.1) is 35.5 Å². The van der Waals surface area contributed by atoms with E-state index in [0.717, 1.165) is 68.3 Å². The van der Waals surface area contributed by atoms with E-state index in [9.17, 15) is 15.0 Å². The third kappa shape index (κ3) is 2.70. The van der Waals surface area contributed by atoms with Gasteiger partial charge in [-0.2, -0.15) is 0 Å². The Labute approximate surface area is 190 Å². The molecule has 3 saturated carbocycles. The number of hydrogen-bond acceptors (Lipinski definition) is 4. The maximum absolute atomic E-state index is 13.3. The molecule has 5 aliphatic carbocycles. The highest BCUT2D eigenvalue weighted by Gasteiger charge is 2.69. The molecule has 6 rings (SSSR count). The minimum Gasteiger partial charge on any atom is -0.393 e. The lowest BCUT2D eigenvalue weighted by molar-refractivity contribution is -0.115. The van der Waals surface area contributed by atoms with Crippen LogP contribution in [0.1, 0.15) is 64.0 Å². The van der Waals surface area contributed by atoms with Gasteiger partial charge >= 0.3 is 0 Å². The van der Waals surface area contributed by atoms with Crippen LogP contribution in [0.5, 0.6) is 0 Å². The number of fused-ring (bicyclic) bond motifs is 4. The lowest BCUT2D eigenvalue weighted by Crippen LogP contribution is -2.50. The minimum absolute atomic E-state index is 0.0356. The standard InChI is InChI=1S/C27H34N2O3/c1-16-22(4-3-13-28-16)29-24(31)20-7-8-23-25(20,2)11-10-19-21-15-26(21)14-18(30)6-5-17(26)9-12-27(19,23)32/h3-4,7,10,13,17-18,21,23,30,32H,5-6,8-9,11-12,14-15H2,1-2H3,(H,29,31)/t17?,18?,21?,23?,25?,26?,27-/m1/s1. The van der Waals surface area contributed by atoms with E-state index < -0.39 is 5.60 Å². The zero-order chi connectivity index (χ0) is 22.3. The van der Waals surface area contributed by atoms with Gasteiger partial charge in [0.15, 0.2) is 0 Å². The summed E-state index contributed by atoms with van der Waals surface area (Å²) in [5, 5.41) is 25.7. The monoisotopic (exact) mass is 434 g/mol. The topological polar surface area (TPSA) is 82.5 Å². The smallest absolute Gasteiger partial charge is 0.251 e. The highest BCUT2D eigenvalue weighted by molar-refractivity contribution is 6.05. The second-order valence-corrected chi connectivity index (χ2v) is 11.4. The zero-order valence-corrected chi connectivity index (χ0v) is 19.1. The van der Waals surface area contributed by atoms with Gasteiger partial charge in [0.1, 0.15) is 0 Å². The molecule has 1 aromatic heterocycles. The van der Waals surface area contributed by atoms with Crippen LogP contribution in [-0.2, 0) is 4.79 Å². The van der Waals surface area contributed by atoms with Crippen LogP contribution in [0.4, 0.5) is 5.69 Å². The molecule has 1 heterocycles. The molecular formula is C27H34N2O3. The number of carbonyl (C=O) groups is 1. The molecule has 0 bridgehead atoms. The van der Waals surface area contributed by atoms with Crippen LogP contribution in [0.2, 0.25) is 0 Å². The molecule has 3 N–H and O–H groups in total. The summed E-state index contributed by atoms with van der Waals surface area (Å²) in [5.41, 5.74) is 2.59. The van der Waals surface area contributed by atoms with Crippen molar-refractivity contribution in [1.29, 1.82) is 0 Å². The Hall–Kier alpha value is -1.98. The SMILES string of the molecule is Cc1ncccc1NC(=O)C1=CCC2C1(C)CC=C1C3CC34CC(O)CCC4CC[C@@]12O. The van der Waals surface area contributed by atoms with E-state index in [1.807, 2.05) is 19.1 Å². The average Bonchev–Trinajstić information content (AvgIpc) is 3.32. The Kier molecular flexibility index (Phi) is 4.36. The zero-order valence-electron chi connectivity index (χ0n) is 19.1. The molecule has 7 atom stereocenters. The van der Waals surface area contributed by atoms with Gasteiger partial charge in [0, 0.05) is 23.1 Å². The van der Waals surface area contributed by atoms with Crippen molar-refractivity contribution in [3.63, 3.8) is 0 Å². The number of aromatic nitrogens is 1. The largest absolute Gasteiger partial charge is 0.393 e. The maximum Gasteiger partial charge on any atom is 0.251 e. The van der Waals surface area contributed by atoms with E-state index in [1.165, 1.54) is 5.57 Å².